The van der Waals surface area contributed by atoms with Crippen LogP contribution >= 0.6 is 0 Å². The summed E-state index contributed by atoms with van der Waals surface area (Å²) in [4.78, 5) is 14.1. The smallest absolute Gasteiger partial charge is 0.257 e. The zero-order chi connectivity index (χ0) is 19.0. The summed E-state index contributed by atoms with van der Waals surface area (Å²) in [7, 11) is 0. The van der Waals surface area contributed by atoms with E-state index in [2.05, 4.69) is 0 Å². The van der Waals surface area contributed by atoms with Gasteiger partial charge in [0.15, 0.2) is 12.0 Å². The van der Waals surface area contributed by atoms with Crippen LogP contribution in [0.4, 0.5) is 8.78 Å². The SMILES string of the molecule is O=C1c2cccc(F)c2C(O)(CCC2OCCO2)N1Cc1ccc(F)cc1. The van der Waals surface area contributed by atoms with Crippen molar-refractivity contribution in [3.8, 4) is 0 Å². The van der Waals surface area contributed by atoms with E-state index in [1.165, 1.54) is 47.4 Å². The van der Waals surface area contributed by atoms with Gasteiger partial charge in [0, 0.05) is 19.4 Å². The van der Waals surface area contributed by atoms with E-state index in [-0.39, 0.29) is 24.1 Å². The average Bonchev–Trinajstić information content (AvgIpc) is 3.24. The Kier molecular flexibility index (Phi) is 4.67. The topological polar surface area (TPSA) is 59.0 Å². The Morgan fingerprint density at radius 2 is 1.81 bits per heavy atom. The predicted octanol–water partition coefficient (Wildman–Crippen LogP) is 2.92. The third kappa shape index (κ3) is 3.22. The Hall–Kier alpha value is -2.35. The molecule has 0 bridgehead atoms. The van der Waals surface area contributed by atoms with Gasteiger partial charge in [-0.25, -0.2) is 8.78 Å². The summed E-state index contributed by atoms with van der Waals surface area (Å²) < 4.78 is 38.6. The Balaban J connectivity index is 1.67. The Bertz CT molecular complexity index is 852. The van der Waals surface area contributed by atoms with Crippen LogP contribution in [0.3, 0.4) is 0 Å². The summed E-state index contributed by atoms with van der Waals surface area (Å²) in [6, 6.07) is 9.79. The van der Waals surface area contributed by atoms with E-state index >= 15 is 0 Å². The Morgan fingerprint density at radius 3 is 2.52 bits per heavy atom. The Labute approximate surface area is 155 Å². The maximum atomic E-state index is 14.6. The van der Waals surface area contributed by atoms with Gasteiger partial charge >= 0.3 is 0 Å². The molecule has 0 radical (unpaired) electrons. The lowest BCUT2D eigenvalue weighted by Crippen LogP contribution is -2.44. The number of hydrogen-bond acceptors (Lipinski definition) is 4. The highest BCUT2D eigenvalue weighted by Crippen LogP contribution is 2.43. The first kappa shape index (κ1) is 18.0. The van der Waals surface area contributed by atoms with Gasteiger partial charge in [0.1, 0.15) is 11.6 Å². The average molecular weight is 375 g/mol. The minimum absolute atomic E-state index is 0.0239. The number of carbonyl (C=O) groups is 1. The van der Waals surface area contributed by atoms with Gasteiger partial charge in [0.25, 0.3) is 5.91 Å². The largest absolute Gasteiger partial charge is 0.366 e. The second kappa shape index (κ2) is 6.99. The van der Waals surface area contributed by atoms with E-state index in [4.69, 9.17) is 9.47 Å². The van der Waals surface area contributed by atoms with Crippen LogP contribution < -0.4 is 0 Å². The van der Waals surface area contributed by atoms with Crippen LogP contribution in [-0.2, 0) is 21.7 Å². The van der Waals surface area contributed by atoms with Crippen molar-refractivity contribution in [2.75, 3.05) is 13.2 Å². The number of aliphatic hydroxyl groups is 1. The number of nitrogens with zero attached hydrogens (tertiary/aromatic N) is 1. The molecule has 1 saturated heterocycles. The van der Waals surface area contributed by atoms with Gasteiger partial charge in [-0.2, -0.15) is 0 Å². The van der Waals surface area contributed by atoms with Crippen LogP contribution in [0.5, 0.6) is 0 Å². The fourth-order valence-corrected chi connectivity index (χ4v) is 3.69. The highest BCUT2D eigenvalue weighted by Gasteiger charge is 2.50. The maximum absolute atomic E-state index is 14.6. The number of amides is 1. The molecule has 2 aromatic rings. The molecule has 7 heteroatoms. The molecule has 0 spiro atoms. The molecule has 0 aromatic heterocycles. The summed E-state index contributed by atoms with van der Waals surface area (Å²) >= 11 is 0. The van der Waals surface area contributed by atoms with Crippen LogP contribution in [-0.4, -0.2) is 35.4 Å². The number of halogens is 2. The van der Waals surface area contributed by atoms with Crippen molar-refractivity contribution in [2.24, 2.45) is 0 Å². The monoisotopic (exact) mass is 375 g/mol. The molecule has 0 aliphatic carbocycles. The lowest BCUT2D eigenvalue weighted by atomic mass is 9.95. The molecule has 27 heavy (non-hydrogen) atoms. The number of ether oxygens (including phenoxy) is 2. The molecule has 1 N–H and O–H groups in total. The second-order valence-electron chi connectivity index (χ2n) is 6.71. The minimum atomic E-state index is -1.83. The lowest BCUT2D eigenvalue weighted by Gasteiger charge is -2.35. The van der Waals surface area contributed by atoms with Gasteiger partial charge < -0.3 is 19.5 Å². The molecule has 142 valence electrons. The molecule has 5 nitrogen and oxygen atoms in total. The van der Waals surface area contributed by atoms with Crippen LogP contribution in [0.15, 0.2) is 42.5 Å². The first-order valence-corrected chi connectivity index (χ1v) is 8.80. The van der Waals surface area contributed by atoms with Crippen molar-refractivity contribution < 1.29 is 28.2 Å². The summed E-state index contributed by atoms with van der Waals surface area (Å²) in [5, 5.41) is 11.4. The molecule has 2 aliphatic rings. The van der Waals surface area contributed by atoms with Gasteiger partial charge in [-0.1, -0.05) is 18.2 Å². The van der Waals surface area contributed by atoms with E-state index in [0.717, 1.165) is 0 Å². The van der Waals surface area contributed by atoms with Crippen molar-refractivity contribution in [1.82, 2.24) is 4.90 Å². The first-order valence-electron chi connectivity index (χ1n) is 8.80. The zero-order valence-electron chi connectivity index (χ0n) is 14.5. The normalized spacial score (nSPS) is 22.5. The summed E-state index contributed by atoms with van der Waals surface area (Å²) in [6.45, 7) is 0.953. The van der Waals surface area contributed by atoms with Gasteiger partial charge in [0.2, 0.25) is 0 Å². The maximum Gasteiger partial charge on any atom is 0.257 e. The molecule has 1 unspecified atom stereocenters. The molecule has 4 rings (SSSR count). The Morgan fingerprint density at radius 1 is 1.11 bits per heavy atom. The standard InChI is InChI=1S/C20H19F2NO4/c21-14-6-4-13(5-7-14)12-23-19(24)15-2-1-3-16(22)18(15)20(23,25)9-8-17-26-10-11-27-17/h1-7,17,25H,8-12H2. The molecular weight excluding hydrogens is 356 g/mol. The third-order valence-electron chi connectivity index (χ3n) is 5.01. The molecule has 2 heterocycles. The first-order chi connectivity index (χ1) is 13.0. The van der Waals surface area contributed by atoms with Gasteiger partial charge in [-0.3, -0.25) is 4.79 Å². The van der Waals surface area contributed by atoms with E-state index in [1.807, 2.05) is 0 Å². The summed E-state index contributed by atoms with van der Waals surface area (Å²) in [5.41, 5.74) is -1.10. The van der Waals surface area contributed by atoms with Crippen LogP contribution in [0.2, 0.25) is 0 Å². The van der Waals surface area contributed by atoms with E-state index in [1.54, 1.807) is 0 Å². The zero-order valence-corrected chi connectivity index (χ0v) is 14.5. The molecule has 1 fully saturated rings. The fraction of sp³-hybridized carbons (Fsp3) is 0.350. The van der Waals surface area contributed by atoms with E-state index < -0.39 is 29.6 Å². The second-order valence-corrected chi connectivity index (χ2v) is 6.71. The van der Waals surface area contributed by atoms with Crippen LogP contribution in [0, 0.1) is 11.6 Å². The number of benzene rings is 2. The van der Waals surface area contributed by atoms with Crippen molar-refractivity contribution in [3.63, 3.8) is 0 Å². The molecule has 1 amide bonds. The molecule has 1 atom stereocenters. The number of fused-ring (bicyclic) bond motifs is 1. The highest BCUT2D eigenvalue weighted by molar-refractivity contribution is 5.99. The minimum Gasteiger partial charge on any atom is -0.366 e. The predicted molar refractivity (Wildman–Crippen MR) is 91.5 cm³/mol. The van der Waals surface area contributed by atoms with E-state index in [9.17, 15) is 18.7 Å². The van der Waals surface area contributed by atoms with Crippen molar-refractivity contribution in [3.05, 3.63) is 70.8 Å². The fourth-order valence-electron chi connectivity index (χ4n) is 3.69. The van der Waals surface area contributed by atoms with Crippen molar-refractivity contribution in [2.45, 2.75) is 31.4 Å². The molecule has 2 aliphatic heterocycles. The van der Waals surface area contributed by atoms with Crippen molar-refractivity contribution >= 4 is 5.91 Å². The molecular formula is C20H19F2NO4. The summed E-state index contributed by atoms with van der Waals surface area (Å²) in [6.07, 6.45) is -0.136. The van der Waals surface area contributed by atoms with Gasteiger partial charge in [0.05, 0.1) is 24.3 Å². The summed E-state index contributed by atoms with van der Waals surface area (Å²) in [5.74, 6) is -1.51. The number of rotatable bonds is 5. The highest BCUT2D eigenvalue weighted by atomic mass is 19.1. The number of hydrogen-bond donors (Lipinski definition) is 1. The van der Waals surface area contributed by atoms with Crippen molar-refractivity contribution in [1.29, 1.82) is 0 Å². The third-order valence-corrected chi connectivity index (χ3v) is 5.01. The lowest BCUT2D eigenvalue weighted by molar-refractivity contribution is -0.120. The van der Waals surface area contributed by atoms with E-state index in [0.29, 0.717) is 25.2 Å². The van der Waals surface area contributed by atoms with Gasteiger partial charge in [-0.15, -0.1) is 0 Å². The number of carbonyl (C=O) groups excluding carboxylic acids is 1. The van der Waals surface area contributed by atoms with Crippen LogP contribution in [0.25, 0.3) is 0 Å². The quantitative estimate of drug-likeness (QED) is 0.873. The van der Waals surface area contributed by atoms with Gasteiger partial charge in [-0.05, 0) is 29.8 Å². The molecule has 2 aromatic carbocycles. The molecule has 0 saturated carbocycles. The van der Waals surface area contributed by atoms with Crippen LogP contribution in [0.1, 0.15) is 34.3 Å².